The Labute approximate surface area is 458 Å². The number of aromatic amines is 2. The van der Waals surface area contributed by atoms with Crippen LogP contribution in [0.15, 0.2) is 91.0 Å². The third kappa shape index (κ3) is 10.2. The third-order valence-corrected chi connectivity index (χ3v) is 17.3. The third-order valence-electron chi connectivity index (χ3n) is 17.3. The van der Waals surface area contributed by atoms with Gasteiger partial charge in [-0.3, -0.25) is 14.5 Å². The topological polar surface area (TPSA) is 183 Å². The van der Waals surface area contributed by atoms with Gasteiger partial charge in [-0.1, -0.05) is 82.3 Å². The number of ether oxygens (including phenoxy) is 1. The number of fused-ring (bicyclic) bond motifs is 3. The molecule has 0 bridgehead atoms. The number of alkyl carbamates (subject to hydrolysis) is 1. The van der Waals surface area contributed by atoms with Crippen molar-refractivity contribution in [2.45, 2.75) is 121 Å². The summed E-state index contributed by atoms with van der Waals surface area (Å²) in [5, 5.41) is 14.9. The molecule has 0 radical (unpaired) electrons. The molecule has 0 unspecified atom stereocenters. The number of piperidine rings is 1. The van der Waals surface area contributed by atoms with Crippen molar-refractivity contribution in [3.8, 4) is 0 Å². The molecular weight excluding hydrogens is 1010 g/mol. The molecule has 18 heteroatoms. The summed E-state index contributed by atoms with van der Waals surface area (Å²) in [6.45, 7) is 9.48. The SMILES string of the molecule is COC(=O)N[C@H](C(=O)N1CCC[C@H]1c1nc2cc([C@H]3CC[C@H](c4ccc5[nH]c([C@@H]6CCCN6C(=O)[C@H](C(C)C)N(C)C(=O)O)nc5c4)N3c3cc(F)c(N4CCC(c5ccc6ccccc6c5)CC4)c(F)c3)ccc2[nH]1)C(C)C. The molecule has 7 aromatic rings. The summed E-state index contributed by atoms with van der Waals surface area (Å²) >= 11 is 0. The van der Waals surface area contributed by atoms with Gasteiger partial charge in [0.15, 0.2) is 11.6 Å². The van der Waals surface area contributed by atoms with Crippen LogP contribution in [0.2, 0.25) is 0 Å². The molecule has 0 spiro atoms. The standard InChI is InChI=1S/C61H70F2N10O6/c1-34(2)53(68-60(76)79-6)58(74)71-25-9-13-51(71)56-64-45-19-17-40(30-47(45)66-56)49-21-22-50(41-18-20-46-48(31-41)67-57(65-46)52-14-10-26-72(52)59(75)54(35(3)4)69(5)61(77)78)73(49)42-32-43(62)55(44(63)33-42)70-27-23-37(24-28-70)39-16-15-36-11-7-8-12-38(36)29-39/h7-8,11-12,15-20,29-35,37,49-54H,9-10,13-14,21-28H2,1-6H3,(H,64,66)(H,65,67)(H,68,76)(H,77,78)/t49-,50-,51+,52+,53+,54+/m1/s1. The van der Waals surface area contributed by atoms with E-state index in [9.17, 15) is 24.3 Å². The lowest BCUT2D eigenvalue weighted by molar-refractivity contribution is -0.138. The molecule has 4 aliphatic rings. The van der Waals surface area contributed by atoms with Gasteiger partial charge in [0, 0.05) is 38.9 Å². The minimum atomic E-state index is -1.17. The molecule has 0 aliphatic carbocycles. The van der Waals surface area contributed by atoms with E-state index in [0.717, 1.165) is 52.7 Å². The number of hydrogen-bond donors (Lipinski definition) is 4. The van der Waals surface area contributed by atoms with Crippen molar-refractivity contribution < 1.29 is 37.8 Å². The first-order valence-corrected chi connectivity index (χ1v) is 28.0. The number of likely N-dealkylation sites (tertiary alicyclic amines) is 2. The number of H-pyrrole nitrogens is 2. The van der Waals surface area contributed by atoms with Crippen molar-refractivity contribution >= 4 is 68.2 Å². The van der Waals surface area contributed by atoms with E-state index in [0.29, 0.717) is 80.2 Å². The summed E-state index contributed by atoms with van der Waals surface area (Å²) in [7, 11) is 2.71. The monoisotopic (exact) mass is 1080 g/mol. The molecule has 4 saturated heterocycles. The first-order valence-electron chi connectivity index (χ1n) is 28.0. The van der Waals surface area contributed by atoms with Gasteiger partial charge in [-0.2, -0.15) is 0 Å². The van der Waals surface area contributed by atoms with Crippen molar-refractivity contribution in [3.05, 3.63) is 131 Å². The Hall–Kier alpha value is -7.76. The number of carbonyl (C=O) groups is 4. The summed E-state index contributed by atoms with van der Waals surface area (Å²) < 4.78 is 38.8. The molecule has 4 fully saturated rings. The van der Waals surface area contributed by atoms with E-state index in [-0.39, 0.29) is 59.4 Å². The number of carboxylic acid groups (broad SMARTS) is 1. The quantitative estimate of drug-likeness (QED) is 0.0867. The Bertz CT molecular complexity index is 3420. The highest BCUT2D eigenvalue weighted by Crippen LogP contribution is 2.49. The molecule has 6 atom stereocenters. The zero-order chi connectivity index (χ0) is 55.4. The van der Waals surface area contributed by atoms with Crippen LogP contribution in [0, 0.1) is 23.5 Å². The van der Waals surface area contributed by atoms with Gasteiger partial charge in [-0.15, -0.1) is 0 Å². The fourth-order valence-electron chi connectivity index (χ4n) is 13.2. The van der Waals surface area contributed by atoms with Crippen LogP contribution in [0.1, 0.15) is 137 Å². The van der Waals surface area contributed by atoms with Crippen LogP contribution >= 0.6 is 0 Å². The smallest absolute Gasteiger partial charge is 0.407 e. The lowest BCUT2D eigenvalue weighted by Crippen LogP contribution is -2.51. The van der Waals surface area contributed by atoms with Crippen molar-refractivity contribution in [2.75, 3.05) is 50.1 Å². The summed E-state index contributed by atoms with van der Waals surface area (Å²) in [6, 6.07) is 26.9. The van der Waals surface area contributed by atoms with E-state index in [1.807, 2.05) is 81.1 Å². The fourth-order valence-corrected chi connectivity index (χ4v) is 13.2. The molecule has 4 amide bonds. The summed E-state index contributed by atoms with van der Waals surface area (Å²) in [6.07, 6.45) is 3.87. The van der Waals surface area contributed by atoms with Crippen molar-refractivity contribution in [1.29, 1.82) is 0 Å². The number of amides is 4. The van der Waals surface area contributed by atoms with Gasteiger partial charge in [0.1, 0.15) is 29.4 Å². The minimum absolute atomic E-state index is 0.0158. The number of halogens is 2. The van der Waals surface area contributed by atoms with Crippen LogP contribution in [0.25, 0.3) is 32.8 Å². The molecule has 16 nitrogen and oxygen atoms in total. The number of likely N-dealkylation sites (N-methyl/N-ethyl adjacent to an activating group) is 1. The van der Waals surface area contributed by atoms with Gasteiger partial charge in [-0.25, -0.2) is 28.3 Å². The maximum absolute atomic E-state index is 17.0. The molecule has 4 aliphatic heterocycles. The number of aromatic nitrogens is 4. The van der Waals surface area contributed by atoms with Crippen LogP contribution in [0.5, 0.6) is 0 Å². The van der Waals surface area contributed by atoms with Crippen molar-refractivity contribution in [2.24, 2.45) is 11.8 Å². The van der Waals surface area contributed by atoms with E-state index >= 15 is 8.78 Å². The molecule has 6 heterocycles. The van der Waals surface area contributed by atoms with E-state index in [2.05, 4.69) is 50.5 Å². The average Bonchev–Trinajstić information content (AvgIpc) is 4.44. The summed E-state index contributed by atoms with van der Waals surface area (Å²) in [5.41, 5.74) is 6.40. The highest BCUT2D eigenvalue weighted by molar-refractivity contribution is 5.88. The predicted molar refractivity (Wildman–Crippen MR) is 300 cm³/mol. The van der Waals surface area contributed by atoms with E-state index in [1.165, 1.54) is 42.6 Å². The highest BCUT2D eigenvalue weighted by atomic mass is 19.1. The number of methoxy groups -OCH3 is 1. The molecule has 4 N–H and O–H groups in total. The van der Waals surface area contributed by atoms with Crippen LogP contribution in [-0.2, 0) is 14.3 Å². The number of nitrogens with zero attached hydrogens (tertiary/aromatic N) is 7. The van der Waals surface area contributed by atoms with Crippen molar-refractivity contribution in [3.63, 3.8) is 0 Å². The number of imidazole rings is 2. The number of nitrogens with one attached hydrogen (secondary N) is 3. The van der Waals surface area contributed by atoms with Crippen LogP contribution in [-0.4, -0.2) is 116 Å². The number of anilines is 2. The van der Waals surface area contributed by atoms with Gasteiger partial charge in [0.25, 0.3) is 0 Å². The Morgan fingerprint density at radius 3 is 1.73 bits per heavy atom. The second kappa shape index (κ2) is 21.8. The van der Waals surface area contributed by atoms with Gasteiger partial charge in [0.2, 0.25) is 11.8 Å². The van der Waals surface area contributed by atoms with Gasteiger partial charge in [0.05, 0.1) is 53.3 Å². The largest absolute Gasteiger partial charge is 0.465 e. The maximum Gasteiger partial charge on any atom is 0.407 e. The van der Waals surface area contributed by atoms with Crippen LogP contribution in [0.3, 0.4) is 0 Å². The number of hydrogen-bond acceptors (Lipinski definition) is 9. The van der Waals surface area contributed by atoms with Gasteiger partial charge in [-0.05, 0) is 133 Å². The van der Waals surface area contributed by atoms with Gasteiger partial charge < -0.3 is 44.7 Å². The number of rotatable bonds is 13. The lowest BCUT2D eigenvalue weighted by atomic mass is 9.88. The predicted octanol–water partition coefficient (Wildman–Crippen LogP) is 11.7. The molecule has 79 heavy (non-hydrogen) atoms. The maximum atomic E-state index is 17.0. The normalized spacial score (nSPS) is 20.8. The Balaban J connectivity index is 0.905. The molecule has 11 rings (SSSR count). The first-order chi connectivity index (χ1) is 38.1. The zero-order valence-corrected chi connectivity index (χ0v) is 45.7. The van der Waals surface area contributed by atoms with Crippen LogP contribution in [0.4, 0.5) is 29.7 Å². The molecule has 414 valence electrons. The number of benzene rings is 5. The fraction of sp³-hybridized carbons (Fsp3) is 0.443. The van der Waals surface area contributed by atoms with Gasteiger partial charge >= 0.3 is 12.2 Å². The van der Waals surface area contributed by atoms with Crippen molar-refractivity contribution in [1.82, 2.24) is 40.0 Å². The molecule has 5 aromatic carbocycles. The van der Waals surface area contributed by atoms with Crippen LogP contribution < -0.4 is 15.1 Å². The highest BCUT2D eigenvalue weighted by Gasteiger charge is 2.42. The zero-order valence-electron chi connectivity index (χ0n) is 45.7. The first kappa shape index (κ1) is 53.3. The average molecular weight is 1080 g/mol. The number of carbonyl (C=O) groups excluding carboxylic acids is 3. The molecule has 0 saturated carbocycles. The second-order valence-corrected chi connectivity index (χ2v) is 22.8. The summed E-state index contributed by atoms with van der Waals surface area (Å²) in [5.74, 6) is -0.582. The Morgan fingerprint density at radius 1 is 0.658 bits per heavy atom. The second-order valence-electron chi connectivity index (χ2n) is 22.8. The summed E-state index contributed by atoms with van der Waals surface area (Å²) in [4.78, 5) is 78.1. The Morgan fingerprint density at radius 2 is 1.20 bits per heavy atom. The van der Waals surface area contributed by atoms with E-state index in [1.54, 1.807) is 9.80 Å². The molecule has 2 aromatic heterocycles. The minimum Gasteiger partial charge on any atom is -0.465 e. The van der Waals surface area contributed by atoms with E-state index in [4.69, 9.17) is 14.7 Å². The lowest BCUT2D eigenvalue weighted by Gasteiger charge is -2.36. The molecular formula is C61H70F2N10O6. The Kier molecular flexibility index (Phi) is 14.7. The van der Waals surface area contributed by atoms with E-state index < -0.39 is 35.9 Å².